The van der Waals surface area contributed by atoms with Crippen LogP contribution in [0.15, 0.2) is 12.1 Å². The number of phenols is 1. The van der Waals surface area contributed by atoms with Crippen molar-refractivity contribution in [1.29, 1.82) is 0 Å². The maximum absolute atomic E-state index is 12.2. The maximum atomic E-state index is 12.2. The molecule has 0 radical (unpaired) electrons. The fourth-order valence-electron chi connectivity index (χ4n) is 6.35. The van der Waals surface area contributed by atoms with Crippen LogP contribution in [-0.4, -0.2) is 69.7 Å². The van der Waals surface area contributed by atoms with Gasteiger partial charge >= 0.3 is 0 Å². The second-order valence-corrected chi connectivity index (χ2v) is 9.30. The van der Waals surface area contributed by atoms with E-state index in [1.54, 1.807) is 6.07 Å². The molecule has 5 atom stereocenters. The number of fused-ring (bicyclic) bond motifs is 1. The van der Waals surface area contributed by atoms with E-state index in [2.05, 4.69) is 4.90 Å². The number of likely N-dealkylation sites (N-methyl/N-ethyl adjacent to an activating group) is 1. The van der Waals surface area contributed by atoms with Crippen molar-refractivity contribution in [1.82, 2.24) is 4.90 Å². The Morgan fingerprint density at radius 3 is 2.66 bits per heavy atom. The SMILES string of the molecule is CCN(C(O)C1CC1)[C@@H]1Cc2ccc(O)c3c2C2[C@@H](O3)C3(CC[C@]21O)OCCO3. The monoisotopic (exact) mass is 403 g/mol. The normalized spacial score (nSPS) is 37.6. The average Bonchev–Trinajstić information content (AvgIpc) is 3.30. The van der Waals surface area contributed by atoms with Crippen LogP contribution in [0.5, 0.6) is 11.5 Å². The minimum absolute atomic E-state index is 0.0949. The summed E-state index contributed by atoms with van der Waals surface area (Å²) in [4.78, 5) is 2.08. The van der Waals surface area contributed by atoms with Crippen molar-refractivity contribution in [2.24, 2.45) is 5.92 Å². The van der Waals surface area contributed by atoms with Crippen LogP contribution in [0.4, 0.5) is 0 Å². The van der Waals surface area contributed by atoms with E-state index in [4.69, 9.17) is 14.2 Å². The highest BCUT2D eigenvalue weighted by atomic mass is 16.8. The van der Waals surface area contributed by atoms with Gasteiger partial charge in [-0.05, 0) is 49.8 Å². The molecule has 3 fully saturated rings. The quantitative estimate of drug-likeness (QED) is 0.656. The van der Waals surface area contributed by atoms with Crippen LogP contribution in [-0.2, 0) is 15.9 Å². The van der Waals surface area contributed by atoms with Crippen molar-refractivity contribution >= 4 is 0 Å². The van der Waals surface area contributed by atoms with E-state index >= 15 is 0 Å². The number of rotatable bonds is 4. The molecule has 158 valence electrons. The van der Waals surface area contributed by atoms with Crippen molar-refractivity contribution in [3.63, 3.8) is 0 Å². The van der Waals surface area contributed by atoms with Gasteiger partial charge in [-0.2, -0.15) is 0 Å². The first-order valence-electron chi connectivity index (χ1n) is 10.9. The van der Waals surface area contributed by atoms with Gasteiger partial charge in [0.1, 0.15) is 6.23 Å². The molecular formula is C22H29NO6. The van der Waals surface area contributed by atoms with E-state index in [0.717, 1.165) is 24.0 Å². The van der Waals surface area contributed by atoms with E-state index in [1.165, 1.54) is 0 Å². The van der Waals surface area contributed by atoms with Crippen LogP contribution < -0.4 is 4.74 Å². The zero-order valence-electron chi connectivity index (χ0n) is 16.7. The van der Waals surface area contributed by atoms with Crippen LogP contribution in [0, 0.1) is 5.92 Å². The van der Waals surface area contributed by atoms with Crippen molar-refractivity contribution < 1.29 is 29.5 Å². The van der Waals surface area contributed by atoms with E-state index < -0.39 is 23.7 Å². The summed E-state index contributed by atoms with van der Waals surface area (Å²) in [6, 6.07) is 3.38. The molecule has 5 aliphatic rings. The molecule has 3 N–H and O–H groups in total. The number of aromatic hydroxyl groups is 1. The lowest BCUT2D eigenvalue weighted by Gasteiger charge is -2.56. The Balaban J connectivity index is 1.48. The molecule has 2 unspecified atom stereocenters. The standard InChI is InChI=1S/C22H29NO6/c1-2-23(20(25)12-3-4-12)15-11-13-5-6-14(24)18-16(13)17-19(29-18)22(27-9-10-28-22)8-7-21(15,17)26/h5-6,12,15,17,19-20,24-26H,2-4,7-11H2,1H3/t15-,17?,19-,20?,21-/m1/s1. The summed E-state index contributed by atoms with van der Waals surface area (Å²) in [5.41, 5.74) is 0.878. The number of aliphatic hydroxyl groups excluding tert-OH is 1. The molecule has 2 aliphatic heterocycles. The number of phenolic OH excluding ortho intramolecular Hbond substituents is 1. The van der Waals surface area contributed by atoms with Crippen LogP contribution in [0.2, 0.25) is 0 Å². The van der Waals surface area contributed by atoms with Gasteiger partial charge in [-0.1, -0.05) is 13.0 Å². The molecule has 0 bridgehead atoms. The minimum Gasteiger partial charge on any atom is -0.504 e. The van der Waals surface area contributed by atoms with Gasteiger partial charge in [0.15, 0.2) is 17.6 Å². The molecule has 0 aromatic heterocycles. The van der Waals surface area contributed by atoms with E-state index in [1.807, 2.05) is 13.0 Å². The Morgan fingerprint density at radius 1 is 1.21 bits per heavy atom. The Hall–Kier alpha value is -1.38. The Labute approximate surface area is 170 Å². The first-order chi connectivity index (χ1) is 14.0. The minimum atomic E-state index is -1.08. The fourth-order valence-corrected chi connectivity index (χ4v) is 6.35. The number of aliphatic hydroxyl groups is 2. The number of hydrogen-bond acceptors (Lipinski definition) is 7. The van der Waals surface area contributed by atoms with Gasteiger partial charge in [-0.3, -0.25) is 4.90 Å². The van der Waals surface area contributed by atoms with Crippen molar-refractivity contribution in [2.45, 2.75) is 74.7 Å². The lowest BCUT2D eigenvalue weighted by molar-refractivity contribution is -0.266. The first-order valence-corrected chi connectivity index (χ1v) is 10.9. The third kappa shape index (κ3) is 2.36. The summed E-state index contributed by atoms with van der Waals surface area (Å²) >= 11 is 0. The highest BCUT2D eigenvalue weighted by Gasteiger charge is 2.68. The molecule has 1 aromatic carbocycles. The summed E-state index contributed by atoms with van der Waals surface area (Å²) in [6.45, 7) is 3.72. The van der Waals surface area contributed by atoms with Crippen LogP contribution >= 0.6 is 0 Å². The van der Waals surface area contributed by atoms with Crippen LogP contribution in [0.3, 0.4) is 0 Å². The maximum Gasteiger partial charge on any atom is 0.206 e. The molecular weight excluding hydrogens is 374 g/mol. The van der Waals surface area contributed by atoms with Gasteiger partial charge in [0.25, 0.3) is 0 Å². The highest BCUT2D eigenvalue weighted by Crippen LogP contribution is 2.62. The van der Waals surface area contributed by atoms with Crippen molar-refractivity contribution in [3.8, 4) is 11.5 Å². The second-order valence-electron chi connectivity index (χ2n) is 9.30. The molecule has 7 nitrogen and oxygen atoms in total. The second kappa shape index (κ2) is 6.08. The predicted octanol–water partition coefficient (Wildman–Crippen LogP) is 1.48. The molecule has 1 spiro atoms. The Kier molecular flexibility index (Phi) is 3.85. The van der Waals surface area contributed by atoms with Gasteiger partial charge in [0.05, 0.1) is 24.7 Å². The average molecular weight is 403 g/mol. The zero-order chi connectivity index (χ0) is 20.0. The number of ether oxygens (including phenoxy) is 3. The molecule has 7 heteroatoms. The summed E-state index contributed by atoms with van der Waals surface area (Å²) in [5, 5.41) is 33.6. The predicted molar refractivity (Wildman–Crippen MR) is 103 cm³/mol. The van der Waals surface area contributed by atoms with Gasteiger partial charge < -0.3 is 29.5 Å². The number of nitrogens with zero attached hydrogens (tertiary/aromatic N) is 1. The molecule has 6 rings (SSSR count). The van der Waals surface area contributed by atoms with Gasteiger partial charge in [-0.25, -0.2) is 0 Å². The molecule has 3 aliphatic carbocycles. The molecule has 2 saturated carbocycles. The third-order valence-electron chi connectivity index (χ3n) is 7.89. The molecule has 1 saturated heterocycles. The summed E-state index contributed by atoms with van der Waals surface area (Å²) in [6.07, 6.45) is 2.69. The van der Waals surface area contributed by atoms with Crippen molar-refractivity contribution in [3.05, 3.63) is 23.3 Å². The van der Waals surface area contributed by atoms with E-state index in [0.29, 0.717) is 50.7 Å². The van der Waals surface area contributed by atoms with E-state index in [9.17, 15) is 15.3 Å². The van der Waals surface area contributed by atoms with Crippen LogP contribution in [0.25, 0.3) is 0 Å². The fraction of sp³-hybridized carbons (Fsp3) is 0.727. The van der Waals surface area contributed by atoms with Gasteiger partial charge in [-0.15, -0.1) is 0 Å². The Morgan fingerprint density at radius 2 is 1.97 bits per heavy atom. The Bertz CT molecular complexity index is 835. The molecule has 1 aromatic rings. The van der Waals surface area contributed by atoms with E-state index in [-0.39, 0.29) is 17.7 Å². The summed E-state index contributed by atoms with van der Waals surface area (Å²) in [5.74, 6) is -0.390. The van der Waals surface area contributed by atoms with Crippen molar-refractivity contribution in [2.75, 3.05) is 19.8 Å². The molecule has 29 heavy (non-hydrogen) atoms. The largest absolute Gasteiger partial charge is 0.504 e. The summed E-state index contributed by atoms with van der Waals surface area (Å²) in [7, 11) is 0. The van der Waals surface area contributed by atoms with Gasteiger partial charge in [0, 0.05) is 18.0 Å². The topological polar surface area (TPSA) is 91.6 Å². The lowest BCUT2D eigenvalue weighted by atomic mass is 9.60. The molecule has 2 heterocycles. The third-order valence-corrected chi connectivity index (χ3v) is 7.89. The smallest absolute Gasteiger partial charge is 0.206 e. The summed E-state index contributed by atoms with van der Waals surface area (Å²) < 4.78 is 18.4. The van der Waals surface area contributed by atoms with Gasteiger partial charge in [0.2, 0.25) is 5.79 Å². The lowest BCUT2D eigenvalue weighted by Crippen LogP contribution is -2.68. The number of hydrogen-bond donors (Lipinski definition) is 3. The first kappa shape index (κ1) is 18.4. The highest BCUT2D eigenvalue weighted by molar-refractivity contribution is 5.59. The molecule has 0 amide bonds. The zero-order valence-corrected chi connectivity index (χ0v) is 16.7. The van der Waals surface area contributed by atoms with Crippen LogP contribution in [0.1, 0.15) is 49.7 Å². The number of benzene rings is 1.